The molecule has 0 aliphatic carbocycles. The first-order valence-corrected chi connectivity index (χ1v) is 6.76. The number of nitrogens with one attached hydrogen (secondary N) is 2. The summed E-state index contributed by atoms with van der Waals surface area (Å²) >= 11 is 0. The van der Waals surface area contributed by atoms with Crippen LogP contribution >= 0.6 is 0 Å². The number of rotatable bonds is 4. The number of H-pyrrole nitrogens is 1. The minimum absolute atomic E-state index is 0.136. The van der Waals surface area contributed by atoms with E-state index in [2.05, 4.69) is 25.1 Å². The largest absolute Gasteiger partial charge is 0.319 e. The molecule has 8 nitrogen and oxygen atoms in total. The molecular formula is C9H14N6O2S. The molecule has 0 bridgehead atoms. The first-order valence-electron chi connectivity index (χ1n) is 5.28. The van der Waals surface area contributed by atoms with Crippen LogP contribution in [-0.2, 0) is 17.1 Å². The van der Waals surface area contributed by atoms with Gasteiger partial charge < -0.3 is 4.57 Å². The fourth-order valence-corrected chi connectivity index (χ4v) is 2.98. The topological polar surface area (TPSA) is 106 Å². The molecule has 0 fully saturated rings. The second kappa shape index (κ2) is 4.50. The molecule has 2 aromatic rings. The fraction of sp³-hybridized carbons (Fsp3) is 0.444. The van der Waals surface area contributed by atoms with Crippen LogP contribution in [0.4, 0.5) is 0 Å². The molecule has 9 heteroatoms. The number of nitrogens with zero attached hydrogens (tertiary/aromatic N) is 4. The molecule has 0 aromatic carbocycles. The zero-order valence-electron chi connectivity index (χ0n) is 10.2. The number of aromatic amines is 1. The molecule has 2 aromatic heterocycles. The molecule has 0 amide bonds. The van der Waals surface area contributed by atoms with Crippen molar-refractivity contribution >= 4 is 10.0 Å². The molecule has 1 unspecified atom stereocenters. The van der Waals surface area contributed by atoms with Crippen LogP contribution in [0.2, 0.25) is 0 Å². The Balaban J connectivity index is 2.25. The molecule has 0 saturated carbocycles. The molecule has 0 aliphatic heterocycles. The van der Waals surface area contributed by atoms with Crippen molar-refractivity contribution in [1.82, 2.24) is 29.7 Å². The second-order valence-corrected chi connectivity index (χ2v) is 5.68. The van der Waals surface area contributed by atoms with Crippen LogP contribution in [0, 0.1) is 6.92 Å². The SMILES string of the molecule is Cc1[nH]ncc1S(=O)(=O)NC(C)c1nncn1C. The van der Waals surface area contributed by atoms with Gasteiger partial charge in [0.1, 0.15) is 17.0 Å². The van der Waals surface area contributed by atoms with Crippen molar-refractivity contribution in [2.75, 3.05) is 0 Å². The van der Waals surface area contributed by atoms with E-state index < -0.39 is 16.1 Å². The lowest BCUT2D eigenvalue weighted by molar-refractivity contribution is 0.553. The number of aryl methyl sites for hydroxylation is 2. The van der Waals surface area contributed by atoms with Crippen LogP contribution in [0.25, 0.3) is 0 Å². The first-order chi connectivity index (χ1) is 8.42. The number of sulfonamides is 1. The lowest BCUT2D eigenvalue weighted by Gasteiger charge is -2.12. The fourth-order valence-electron chi connectivity index (χ4n) is 1.64. The van der Waals surface area contributed by atoms with E-state index >= 15 is 0 Å². The van der Waals surface area contributed by atoms with Crippen LogP contribution in [0.15, 0.2) is 17.4 Å². The summed E-state index contributed by atoms with van der Waals surface area (Å²) in [5.41, 5.74) is 0.493. The van der Waals surface area contributed by atoms with Crippen molar-refractivity contribution in [3.05, 3.63) is 24.0 Å². The smallest absolute Gasteiger partial charge is 0.244 e. The molecule has 0 aliphatic rings. The van der Waals surface area contributed by atoms with Crippen LogP contribution in [0.5, 0.6) is 0 Å². The highest BCUT2D eigenvalue weighted by Crippen LogP contribution is 2.16. The van der Waals surface area contributed by atoms with Gasteiger partial charge in [-0.1, -0.05) is 0 Å². The highest BCUT2D eigenvalue weighted by atomic mass is 32.2. The summed E-state index contributed by atoms with van der Waals surface area (Å²) < 4.78 is 28.4. The lowest BCUT2D eigenvalue weighted by atomic mass is 10.3. The average molecular weight is 270 g/mol. The third kappa shape index (κ3) is 2.27. The third-order valence-corrected chi connectivity index (χ3v) is 4.19. The van der Waals surface area contributed by atoms with Gasteiger partial charge in [0, 0.05) is 7.05 Å². The Labute approximate surface area is 104 Å². The summed E-state index contributed by atoms with van der Waals surface area (Å²) in [4.78, 5) is 0.136. The van der Waals surface area contributed by atoms with Gasteiger partial charge >= 0.3 is 0 Å². The van der Waals surface area contributed by atoms with E-state index in [9.17, 15) is 8.42 Å². The van der Waals surface area contributed by atoms with E-state index in [1.807, 2.05) is 0 Å². The average Bonchev–Trinajstić information content (AvgIpc) is 2.86. The molecule has 1 atom stereocenters. The van der Waals surface area contributed by atoms with Crippen molar-refractivity contribution in [1.29, 1.82) is 0 Å². The van der Waals surface area contributed by atoms with E-state index in [0.29, 0.717) is 11.5 Å². The molecular weight excluding hydrogens is 256 g/mol. The Morgan fingerprint density at radius 3 is 2.72 bits per heavy atom. The van der Waals surface area contributed by atoms with Crippen LogP contribution in [0.3, 0.4) is 0 Å². The van der Waals surface area contributed by atoms with Gasteiger partial charge in [-0.05, 0) is 13.8 Å². The molecule has 0 spiro atoms. The zero-order chi connectivity index (χ0) is 13.3. The van der Waals surface area contributed by atoms with E-state index in [4.69, 9.17) is 0 Å². The number of hydrogen-bond donors (Lipinski definition) is 2. The van der Waals surface area contributed by atoms with E-state index in [0.717, 1.165) is 0 Å². The van der Waals surface area contributed by atoms with Crippen LogP contribution in [-0.4, -0.2) is 33.4 Å². The highest BCUT2D eigenvalue weighted by molar-refractivity contribution is 7.89. The van der Waals surface area contributed by atoms with Gasteiger partial charge in [-0.25, -0.2) is 13.1 Å². The molecule has 0 radical (unpaired) electrons. The predicted molar refractivity (Wildman–Crippen MR) is 63.1 cm³/mol. The summed E-state index contributed by atoms with van der Waals surface area (Å²) in [6.07, 6.45) is 2.80. The predicted octanol–water partition coefficient (Wildman–Crippen LogP) is -0.114. The first kappa shape index (κ1) is 12.7. The van der Waals surface area contributed by atoms with Crippen molar-refractivity contribution in [2.24, 2.45) is 7.05 Å². The maximum atomic E-state index is 12.1. The van der Waals surface area contributed by atoms with Gasteiger partial charge in [0.15, 0.2) is 0 Å². The zero-order valence-corrected chi connectivity index (χ0v) is 11.1. The summed E-state index contributed by atoms with van der Waals surface area (Å²) in [5, 5.41) is 13.9. The monoisotopic (exact) mass is 270 g/mol. The van der Waals surface area contributed by atoms with Gasteiger partial charge in [0.25, 0.3) is 0 Å². The van der Waals surface area contributed by atoms with Crippen molar-refractivity contribution < 1.29 is 8.42 Å². The Bertz CT molecular complexity index is 644. The van der Waals surface area contributed by atoms with Gasteiger partial charge in [-0.15, -0.1) is 10.2 Å². The molecule has 2 rings (SSSR count). The summed E-state index contributed by atoms with van der Waals surface area (Å²) in [6, 6.07) is -0.475. The highest BCUT2D eigenvalue weighted by Gasteiger charge is 2.23. The Morgan fingerprint density at radius 2 is 2.22 bits per heavy atom. The van der Waals surface area contributed by atoms with Crippen molar-refractivity contribution in [3.8, 4) is 0 Å². The molecule has 2 heterocycles. The van der Waals surface area contributed by atoms with Crippen molar-refractivity contribution in [3.63, 3.8) is 0 Å². The van der Waals surface area contributed by atoms with Gasteiger partial charge in [-0.3, -0.25) is 5.10 Å². The maximum absolute atomic E-state index is 12.1. The van der Waals surface area contributed by atoms with Gasteiger partial charge in [-0.2, -0.15) is 5.10 Å². The quantitative estimate of drug-likeness (QED) is 0.806. The van der Waals surface area contributed by atoms with E-state index in [1.54, 1.807) is 25.5 Å². The van der Waals surface area contributed by atoms with E-state index in [1.165, 1.54) is 12.5 Å². The van der Waals surface area contributed by atoms with Gasteiger partial charge in [0.2, 0.25) is 10.0 Å². The molecule has 18 heavy (non-hydrogen) atoms. The number of hydrogen-bond acceptors (Lipinski definition) is 5. The van der Waals surface area contributed by atoms with E-state index in [-0.39, 0.29) is 4.90 Å². The summed E-state index contributed by atoms with van der Waals surface area (Å²) in [5.74, 6) is 0.541. The second-order valence-electron chi connectivity index (χ2n) is 4.00. The molecule has 98 valence electrons. The van der Waals surface area contributed by atoms with Gasteiger partial charge in [0.05, 0.1) is 17.9 Å². The molecule has 0 saturated heterocycles. The maximum Gasteiger partial charge on any atom is 0.244 e. The normalized spacial score (nSPS) is 13.7. The third-order valence-electron chi connectivity index (χ3n) is 2.54. The van der Waals surface area contributed by atoms with Crippen LogP contribution in [0.1, 0.15) is 24.5 Å². The minimum Gasteiger partial charge on any atom is -0.319 e. The Morgan fingerprint density at radius 1 is 1.50 bits per heavy atom. The number of aromatic nitrogens is 5. The van der Waals surface area contributed by atoms with Crippen molar-refractivity contribution in [2.45, 2.75) is 24.8 Å². The van der Waals surface area contributed by atoms with Crippen LogP contribution < -0.4 is 4.72 Å². The minimum atomic E-state index is -3.61. The Hall–Kier alpha value is -1.74. The summed E-state index contributed by atoms with van der Waals surface area (Å²) in [6.45, 7) is 3.35. The molecule has 2 N–H and O–H groups in total. The lowest BCUT2D eigenvalue weighted by Crippen LogP contribution is -2.28. The Kier molecular flexibility index (Phi) is 3.18. The summed E-state index contributed by atoms with van der Waals surface area (Å²) in [7, 11) is -1.86. The standard InChI is InChI=1S/C9H14N6O2S/c1-6-8(4-10-12-6)18(16,17)14-7(2)9-13-11-5-15(9)3/h4-5,7,14H,1-3H3,(H,10,12).